The number of rotatable bonds is 9. The normalized spacial score (nSPS) is 12.2. The molecule has 0 aliphatic heterocycles. The molecule has 0 fully saturated rings. The Labute approximate surface area is 605 Å². The minimum Gasteiger partial charge on any atom is -0.456 e. The average Bonchev–Trinajstić information content (AvgIpc) is 1.63. The van der Waals surface area contributed by atoms with E-state index in [4.69, 9.17) is 23.2 Å². The fraction of sp³-hybridized carbons (Fsp3) is 0. The third-order valence-corrected chi connectivity index (χ3v) is 22.1. The molecular formula is C98H57N5O3. The number of nitrogens with zero attached hydrogens (tertiary/aromatic N) is 5. The number of para-hydroxylation sites is 6. The molecule has 23 rings (SSSR count). The van der Waals surface area contributed by atoms with E-state index in [2.05, 4.69) is 323 Å². The Bertz CT molecular complexity index is 7660. The van der Waals surface area contributed by atoms with Crippen LogP contribution in [0.15, 0.2) is 359 Å². The summed E-state index contributed by atoms with van der Waals surface area (Å²) in [7, 11) is 0. The van der Waals surface area contributed by atoms with Gasteiger partial charge >= 0.3 is 0 Å². The number of furan rings is 3. The van der Waals surface area contributed by atoms with Crippen LogP contribution in [0.1, 0.15) is 0 Å². The second-order valence-corrected chi connectivity index (χ2v) is 28.0. The van der Waals surface area contributed by atoms with Gasteiger partial charge in [-0.3, -0.25) is 0 Å². The van der Waals surface area contributed by atoms with Gasteiger partial charge in [0.15, 0.2) is 5.82 Å². The highest BCUT2D eigenvalue weighted by molar-refractivity contribution is 6.15. The van der Waals surface area contributed by atoms with Crippen LogP contribution < -0.4 is 0 Å². The van der Waals surface area contributed by atoms with Gasteiger partial charge in [0.05, 0.1) is 44.3 Å². The van der Waals surface area contributed by atoms with Crippen LogP contribution in [0, 0.1) is 0 Å². The number of aromatic nitrogens is 5. The van der Waals surface area contributed by atoms with E-state index in [1.165, 1.54) is 32.3 Å². The van der Waals surface area contributed by atoms with E-state index in [0.29, 0.717) is 5.82 Å². The van der Waals surface area contributed by atoms with Gasteiger partial charge in [0.25, 0.3) is 0 Å². The first-order valence-electron chi connectivity index (χ1n) is 36.0. The van der Waals surface area contributed by atoms with Crippen LogP contribution in [-0.4, -0.2) is 23.7 Å². The summed E-state index contributed by atoms with van der Waals surface area (Å²) in [6, 6.07) is 124. The molecular weight excluding hydrogens is 1300 g/mol. The average molecular weight is 1350 g/mol. The van der Waals surface area contributed by atoms with Crippen LogP contribution >= 0.6 is 0 Å². The molecule has 0 atom stereocenters. The molecule has 0 amide bonds. The lowest BCUT2D eigenvalue weighted by Crippen LogP contribution is -1.99. The van der Waals surface area contributed by atoms with Crippen molar-refractivity contribution in [2.45, 2.75) is 0 Å². The molecule has 0 unspecified atom stereocenters. The van der Waals surface area contributed by atoms with Crippen LogP contribution in [-0.2, 0) is 0 Å². The first-order chi connectivity index (χ1) is 52.5. The largest absolute Gasteiger partial charge is 0.456 e. The molecule has 23 aromatic rings. The van der Waals surface area contributed by atoms with Crippen LogP contribution in [0.25, 0.3) is 226 Å². The summed E-state index contributed by atoms with van der Waals surface area (Å²) in [4.78, 5) is 11.2. The molecule has 0 bridgehead atoms. The second kappa shape index (κ2) is 22.6. The van der Waals surface area contributed by atoms with E-state index in [0.717, 1.165) is 188 Å². The highest BCUT2D eigenvalue weighted by Gasteiger charge is 2.22. The summed E-state index contributed by atoms with van der Waals surface area (Å²) in [6.07, 6.45) is 0. The third-order valence-electron chi connectivity index (χ3n) is 22.1. The van der Waals surface area contributed by atoms with Gasteiger partial charge in [0.1, 0.15) is 33.5 Å². The molecule has 0 aliphatic carbocycles. The van der Waals surface area contributed by atoms with Crippen LogP contribution in [0.4, 0.5) is 0 Å². The van der Waals surface area contributed by atoms with Gasteiger partial charge in [0.2, 0.25) is 0 Å². The molecule has 492 valence electrons. The lowest BCUT2D eigenvalue weighted by Gasteiger charge is -2.15. The standard InChI is InChI=1S/C98H57N5O3/c1-7-25-85-71(19-1)74-42-33-61(64-36-45-80-77-22-4-10-28-91(77)104-94(80)55-64)52-88(74)101(85)68-40-31-58(32-41-68)98-99-84-48-39-60(59-15-13-17-69(49-59)102-86-26-8-2-20-72(86)75-43-34-62(53-89(75)102)65-37-46-81-78-23-5-11-29-92(78)105-95(81)56-65)51-83(84)97(100-98)67-16-14-18-70(50-67)103-87-27-9-3-21-73(87)76-44-35-63(54-90(76)103)66-38-47-82-79-24-6-12-30-93(79)106-96(82)57-66/h1-57H. The molecule has 7 aromatic heterocycles. The van der Waals surface area contributed by atoms with Crippen molar-refractivity contribution in [3.8, 4) is 84.2 Å². The zero-order valence-corrected chi connectivity index (χ0v) is 56.9. The predicted octanol–water partition coefficient (Wildman–Crippen LogP) is 26.6. The molecule has 0 saturated carbocycles. The van der Waals surface area contributed by atoms with E-state index in [9.17, 15) is 0 Å². The highest BCUT2D eigenvalue weighted by atomic mass is 16.3. The number of fused-ring (bicyclic) bond motifs is 19. The van der Waals surface area contributed by atoms with Crippen molar-refractivity contribution in [1.82, 2.24) is 23.7 Å². The lowest BCUT2D eigenvalue weighted by atomic mass is 9.99. The Morgan fingerprint density at radius 1 is 0.179 bits per heavy atom. The van der Waals surface area contributed by atoms with Gasteiger partial charge in [0, 0.05) is 98.2 Å². The van der Waals surface area contributed by atoms with Crippen molar-refractivity contribution in [3.63, 3.8) is 0 Å². The lowest BCUT2D eigenvalue weighted by molar-refractivity contribution is 0.668. The Balaban J connectivity index is 0.668. The van der Waals surface area contributed by atoms with Gasteiger partial charge < -0.3 is 27.0 Å². The summed E-state index contributed by atoms with van der Waals surface area (Å²) >= 11 is 0. The van der Waals surface area contributed by atoms with Crippen LogP contribution in [0.5, 0.6) is 0 Å². The minimum atomic E-state index is 0.630. The maximum Gasteiger partial charge on any atom is 0.160 e. The number of hydrogen-bond donors (Lipinski definition) is 0. The first kappa shape index (κ1) is 58.3. The van der Waals surface area contributed by atoms with Crippen LogP contribution in [0.3, 0.4) is 0 Å². The molecule has 8 nitrogen and oxygen atoms in total. The first-order valence-corrected chi connectivity index (χ1v) is 36.0. The fourth-order valence-corrected chi connectivity index (χ4v) is 17.0. The molecule has 0 aliphatic rings. The zero-order valence-electron chi connectivity index (χ0n) is 56.9. The Morgan fingerprint density at radius 3 is 0.953 bits per heavy atom. The van der Waals surface area contributed by atoms with Gasteiger partial charge in [-0.1, -0.05) is 194 Å². The molecule has 0 radical (unpaired) electrons. The summed E-state index contributed by atoms with van der Waals surface area (Å²) < 4.78 is 26.4. The van der Waals surface area contributed by atoms with Crippen LogP contribution in [0.2, 0.25) is 0 Å². The van der Waals surface area contributed by atoms with Crippen molar-refractivity contribution < 1.29 is 13.3 Å². The van der Waals surface area contributed by atoms with Gasteiger partial charge in [-0.2, -0.15) is 0 Å². The second-order valence-electron chi connectivity index (χ2n) is 28.0. The maximum atomic E-state index is 6.44. The van der Waals surface area contributed by atoms with E-state index >= 15 is 0 Å². The van der Waals surface area contributed by atoms with Crippen molar-refractivity contribution in [2.24, 2.45) is 0 Å². The van der Waals surface area contributed by atoms with Gasteiger partial charge in [-0.15, -0.1) is 0 Å². The third kappa shape index (κ3) is 8.95. The van der Waals surface area contributed by atoms with E-state index < -0.39 is 0 Å². The smallest absolute Gasteiger partial charge is 0.160 e. The number of benzene rings is 16. The van der Waals surface area contributed by atoms with E-state index in [-0.39, 0.29) is 0 Å². The highest BCUT2D eigenvalue weighted by Crippen LogP contribution is 2.44. The summed E-state index contributed by atoms with van der Waals surface area (Å²) in [5.74, 6) is 0.630. The molecule has 8 heteroatoms. The van der Waals surface area contributed by atoms with E-state index in [1.54, 1.807) is 0 Å². The van der Waals surface area contributed by atoms with E-state index in [1.807, 2.05) is 36.4 Å². The van der Waals surface area contributed by atoms with Gasteiger partial charge in [-0.25, -0.2) is 9.97 Å². The molecule has 106 heavy (non-hydrogen) atoms. The molecule has 0 saturated heterocycles. The van der Waals surface area contributed by atoms with Crippen molar-refractivity contribution >= 4 is 142 Å². The Kier molecular flexibility index (Phi) is 12.4. The Hall–Kier alpha value is -14.3. The quantitative estimate of drug-likeness (QED) is 0.144. The summed E-state index contributed by atoms with van der Waals surface area (Å²) in [5.41, 5.74) is 27.4. The topological polar surface area (TPSA) is 80.0 Å². The molecule has 0 spiro atoms. The number of hydrogen-bond acceptors (Lipinski definition) is 5. The van der Waals surface area contributed by atoms with Crippen molar-refractivity contribution in [1.29, 1.82) is 0 Å². The summed E-state index contributed by atoms with van der Waals surface area (Å²) in [6.45, 7) is 0. The Morgan fingerprint density at radius 2 is 0.500 bits per heavy atom. The monoisotopic (exact) mass is 1350 g/mol. The molecule has 7 heterocycles. The van der Waals surface area contributed by atoms with Crippen molar-refractivity contribution in [3.05, 3.63) is 346 Å². The van der Waals surface area contributed by atoms with Gasteiger partial charge in [-0.05, 0) is 196 Å². The zero-order chi connectivity index (χ0) is 69.2. The maximum absolute atomic E-state index is 6.44. The summed E-state index contributed by atoms with van der Waals surface area (Å²) in [5, 5.41) is 14.7. The molecule has 0 N–H and O–H groups in total. The SMILES string of the molecule is c1cc(-c2ccc3nc(-c4ccc(-n5c6ccccc6c6ccc(-c7ccc8c(c7)oc7ccccc78)cc65)cc4)nc(-c4cccc(-n5c6ccccc6c6ccc(-c7ccc8c(c7)oc7ccccc78)cc65)c4)c3c2)cc(-n2c3ccccc3c3ccc(-c4ccc5c(c4)oc4ccccc45)cc32)c1. The van der Waals surface area contributed by atoms with Crippen molar-refractivity contribution in [2.75, 3.05) is 0 Å². The molecule has 16 aromatic carbocycles. The minimum absolute atomic E-state index is 0.630. The predicted molar refractivity (Wildman–Crippen MR) is 437 cm³/mol. The fourth-order valence-electron chi connectivity index (χ4n) is 17.0.